The van der Waals surface area contributed by atoms with Gasteiger partial charge in [-0.05, 0) is 35.8 Å². The lowest BCUT2D eigenvalue weighted by Gasteiger charge is -2.34. The van der Waals surface area contributed by atoms with Gasteiger partial charge < -0.3 is 14.4 Å². The molecule has 6 heteroatoms. The van der Waals surface area contributed by atoms with Gasteiger partial charge in [-0.3, -0.25) is 9.59 Å². The lowest BCUT2D eigenvalue weighted by Crippen LogP contribution is -2.44. The van der Waals surface area contributed by atoms with Crippen LogP contribution in [0.15, 0.2) is 60.7 Å². The van der Waals surface area contributed by atoms with Crippen LogP contribution in [0.4, 0.5) is 0 Å². The van der Waals surface area contributed by atoms with Gasteiger partial charge in [0.15, 0.2) is 0 Å². The predicted octanol–water partition coefficient (Wildman–Crippen LogP) is 4.80. The molecular weight excluding hydrogens is 430 g/mol. The van der Waals surface area contributed by atoms with Crippen molar-refractivity contribution in [1.29, 1.82) is 0 Å². The summed E-state index contributed by atoms with van der Waals surface area (Å²) >= 11 is 0. The molecule has 34 heavy (non-hydrogen) atoms. The number of carbonyl (C=O) groups excluding carboxylic acids is 3. The summed E-state index contributed by atoms with van der Waals surface area (Å²) in [5, 5.41) is 0. The lowest BCUT2D eigenvalue weighted by atomic mass is 9.73. The summed E-state index contributed by atoms with van der Waals surface area (Å²) in [6.07, 6.45) is 6.20. The van der Waals surface area contributed by atoms with E-state index in [2.05, 4.69) is 0 Å². The Balaban J connectivity index is 1.39. The van der Waals surface area contributed by atoms with Crippen LogP contribution < -0.4 is 0 Å². The lowest BCUT2D eigenvalue weighted by molar-refractivity contribution is -0.156. The normalized spacial score (nSPS) is 18.0. The number of hydrogen-bond donors (Lipinski definition) is 0. The highest BCUT2D eigenvalue weighted by molar-refractivity contribution is 5.87. The summed E-state index contributed by atoms with van der Waals surface area (Å²) in [6, 6.07) is 18.2. The molecule has 1 aliphatic carbocycles. The first-order valence-corrected chi connectivity index (χ1v) is 12.2. The molecule has 180 valence electrons. The standard InChI is InChI=1S/C28H33NO5/c30-25-18-28(16-8-3-9-17-28)21-29(25)24(27(32)34-20-23-12-6-2-7-13-23)14-15-26(31)33-19-22-10-4-1-5-11-22/h1-2,4-7,10-13,24H,3,8-9,14-21H2. The molecule has 0 radical (unpaired) electrons. The summed E-state index contributed by atoms with van der Waals surface area (Å²) < 4.78 is 11.0. The van der Waals surface area contributed by atoms with Crippen LogP contribution in [0.3, 0.4) is 0 Å². The maximum absolute atomic E-state index is 13.1. The Morgan fingerprint density at radius 1 is 0.853 bits per heavy atom. The van der Waals surface area contributed by atoms with E-state index in [0.717, 1.165) is 36.8 Å². The van der Waals surface area contributed by atoms with Crippen LogP contribution >= 0.6 is 0 Å². The molecular formula is C28H33NO5. The number of likely N-dealkylation sites (tertiary alicyclic amines) is 1. The predicted molar refractivity (Wildman–Crippen MR) is 127 cm³/mol. The molecule has 1 saturated heterocycles. The quantitative estimate of drug-likeness (QED) is 0.499. The summed E-state index contributed by atoms with van der Waals surface area (Å²) in [5.41, 5.74) is 1.75. The molecule has 6 nitrogen and oxygen atoms in total. The molecule has 2 fully saturated rings. The average Bonchev–Trinajstić information content (AvgIpc) is 3.18. The molecule has 2 aliphatic rings. The van der Waals surface area contributed by atoms with Gasteiger partial charge in [-0.1, -0.05) is 79.9 Å². The van der Waals surface area contributed by atoms with Gasteiger partial charge in [0, 0.05) is 19.4 Å². The zero-order valence-electron chi connectivity index (χ0n) is 19.6. The fraction of sp³-hybridized carbons (Fsp3) is 0.464. The number of ether oxygens (including phenoxy) is 2. The Labute approximate surface area is 201 Å². The number of amides is 1. The summed E-state index contributed by atoms with van der Waals surface area (Å²) in [7, 11) is 0. The topological polar surface area (TPSA) is 72.9 Å². The first-order chi connectivity index (χ1) is 16.5. The molecule has 1 saturated carbocycles. The second kappa shape index (κ2) is 11.3. The van der Waals surface area contributed by atoms with Gasteiger partial charge in [0.05, 0.1) is 0 Å². The van der Waals surface area contributed by atoms with Gasteiger partial charge in [-0.2, -0.15) is 0 Å². The fourth-order valence-electron chi connectivity index (χ4n) is 5.14. The van der Waals surface area contributed by atoms with Crippen molar-refractivity contribution in [3.63, 3.8) is 0 Å². The van der Waals surface area contributed by atoms with Crippen molar-refractivity contribution in [2.45, 2.75) is 70.6 Å². The van der Waals surface area contributed by atoms with Crippen molar-refractivity contribution in [3.8, 4) is 0 Å². The second-order valence-corrected chi connectivity index (χ2v) is 9.55. The van der Waals surface area contributed by atoms with Crippen molar-refractivity contribution in [3.05, 3.63) is 71.8 Å². The minimum Gasteiger partial charge on any atom is -0.461 e. The molecule has 0 aromatic heterocycles. The molecule has 1 heterocycles. The monoisotopic (exact) mass is 463 g/mol. The van der Waals surface area contributed by atoms with Gasteiger partial charge >= 0.3 is 11.9 Å². The van der Waals surface area contributed by atoms with Crippen molar-refractivity contribution < 1.29 is 23.9 Å². The van der Waals surface area contributed by atoms with Gasteiger partial charge in [0.2, 0.25) is 5.91 Å². The molecule has 1 aliphatic heterocycles. The number of rotatable bonds is 9. The number of carbonyl (C=O) groups is 3. The molecule has 0 N–H and O–H groups in total. The Morgan fingerprint density at radius 3 is 2.06 bits per heavy atom. The van der Waals surface area contributed by atoms with E-state index >= 15 is 0 Å². The van der Waals surface area contributed by atoms with Crippen molar-refractivity contribution in [2.24, 2.45) is 5.41 Å². The first-order valence-electron chi connectivity index (χ1n) is 12.2. The third-order valence-electron chi connectivity index (χ3n) is 7.00. The fourth-order valence-corrected chi connectivity index (χ4v) is 5.14. The van der Waals surface area contributed by atoms with E-state index in [4.69, 9.17) is 9.47 Å². The van der Waals surface area contributed by atoms with Gasteiger partial charge in [-0.25, -0.2) is 4.79 Å². The molecule has 0 bridgehead atoms. The van der Waals surface area contributed by atoms with Crippen LogP contribution in [0.2, 0.25) is 0 Å². The van der Waals surface area contributed by atoms with E-state index < -0.39 is 12.0 Å². The number of nitrogens with zero attached hydrogens (tertiary/aromatic N) is 1. The molecule has 1 atom stereocenters. The maximum Gasteiger partial charge on any atom is 0.329 e. The molecule has 2 aromatic rings. The van der Waals surface area contributed by atoms with Crippen LogP contribution in [0, 0.1) is 5.41 Å². The average molecular weight is 464 g/mol. The first kappa shape index (κ1) is 24.0. The number of esters is 2. The van der Waals surface area contributed by atoms with E-state index in [1.165, 1.54) is 6.42 Å². The molecule has 1 unspecified atom stereocenters. The van der Waals surface area contributed by atoms with Crippen LogP contribution in [0.1, 0.15) is 62.5 Å². The van der Waals surface area contributed by atoms with E-state index in [-0.39, 0.29) is 43.3 Å². The van der Waals surface area contributed by atoms with Gasteiger partial charge in [0.1, 0.15) is 19.3 Å². The maximum atomic E-state index is 13.1. The van der Waals surface area contributed by atoms with Crippen LogP contribution in [-0.2, 0) is 37.1 Å². The van der Waals surface area contributed by atoms with Crippen LogP contribution in [0.25, 0.3) is 0 Å². The summed E-state index contributed by atoms with van der Waals surface area (Å²) in [5.74, 6) is -0.856. The molecule has 1 spiro atoms. The zero-order valence-corrected chi connectivity index (χ0v) is 19.6. The van der Waals surface area contributed by atoms with E-state index in [1.807, 2.05) is 60.7 Å². The van der Waals surface area contributed by atoms with Crippen molar-refractivity contribution in [1.82, 2.24) is 4.90 Å². The minimum atomic E-state index is -0.776. The van der Waals surface area contributed by atoms with Crippen LogP contribution in [0.5, 0.6) is 0 Å². The van der Waals surface area contributed by atoms with Crippen molar-refractivity contribution >= 4 is 17.8 Å². The van der Waals surface area contributed by atoms with E-state index in [9.17, 15) is 14.4 Å². The highest BCUT2D eigenvalue weighted by Crippen LogP contribution is 2.45. The summed E-state index contributed by atoms with van der Waals surface area (Å²) in [6.45, 7) is 0.895. The molecule has 2 aromatic carbocycles. The summed E-state index contributed by atoms with van der Waals surface area (Å²) in [4.78, 5) is 40.3. The largest absolute Gasteiger partial charge is 0.461 e. The number of benzene rings is 2. The minimum absolute atomic E-state index is 0.0128. The molecule has 1 amide bonds. The van der Waals surface area contributed by atoms with E-state index in [0.29, 0.717) is 13.0 Å². The van der Waals surface area contributed by atoms with Gasteiger partial charge in [-0.15, -0.1) is 0 Å². The van der Waals surface area contributed by atoms with Crippen LogP contribution in [-0.4, -0.2) is 35.3 Å². The molecule has 4 rings (SSSR count). The number of hydrogen-bond acceptors (Lipinski definition) is 5. The highest BCUT2D eigenvalue weighted by Gasteiger charge is 2.47. The Hall–Kier alpha value is -3.15. The van der Waals surface area contributed by atoms with Gasteiger partial charge in [0.25, 0.3) is 0 Å². The Morgan fingerprint density at radius 2 is 1.44 bits per heavy atom. The second-order valence-electron chi connectivity index (χ2n) is 9.55. The third-order valence-corrected chi connectivity index (χ3v) is 7.00. The SMILES string of the molecule is O=C(CCC(C(=O)OCc1ccccc1)N1CC2(CCCCC2)CC1=O)OCc1ccccc1. The zero-order chi connectivity index (χ0) is 23.8. The Kier molecular flexibility index (Phi) is 7.99. The highest BCUT2D eigenvalue weighted by atomic mass is 16.5. The Bertz CT molecular complexity index is 969. The van der Waals surface area contributed by atoms with E-state index in [1.54, 1.807) is 4.90 Å². The smallest absolute Gasteiger partial charge is 0.329 e. The third kappa shape index (κ3) is 6.25. The van der Waals surface area contributed by atoms with Crippen molar-refractivity contribution in [2.75, 3.05) is 6.54 Å².